The summed E-state index contributed by atoms with van der Waals surface area (Å²) in [4.78, 5) is 2.42. The highest BCUT2D eigenvalue weighted by Gasteiger charge is 2.18. The van der Waals surface area contributed by atoms with Crippen LogP contribution in [0.4, 0.5) is 0 Å². The van der Waals surface area contributed by atoms with E-state index in [1.54, 1.807) is 0 Å². The molecule has 1 nitrogen and oxygen atoms in total. The van der Waals surface area contributed by atoms with Crippen molar-refractivity contribution in [1.29, 1.82) is 0 Å². The second kappa shape index (κ2) is 3.02. The quantitative estimate of drug-likeness (QED) is 0.507. The SMILES string of the molecule is C=CC[C@H]1CCCN1C. The van der Waals surface area contributed by atoms with Crippen LogP contribution in [0.15, 0.2) is 12.7 Å². The molecule has 0 aromatic carbocycles. The molecule has 1 rings (SSSR count). The van der Waals surface area contributed by atoms with Gasteiger partial charge in [-0.05, 0) is 32.9 Å². The molecule has 0 spiro atoms. The number of likely N-dealkylation sites (tertiary alicyclic amines) is 1. The lowest BCUT2D eigenvalue weighted by molar-refractivity contribution is 0.313. The van der Waals surface area contributed by atoms with Crippen LogP contribution in [0.25, 0.3) is 0 Å². The topological polar surface area (TPSA) is 3.24 Å². The summed E-state index contributed by atoms with van der Waals surface area (Å²) < 4.78 is 0. The molecule has 52 valence electrons. The summed E-state index contributed by atoms with van der Waals surface area (Å²) >= 11 is 0. The van der Waals surface area contributed by atoms with Gasteiger partial charge in [0.2, 0.25) is 0 Å². The third-order valence-electron chi connectivity index (χ3n) is 2.11. The van der Waals surface area contributed by atoms with Crippen molar-refractivity contribution in [2.75, 3.05) is 13.6 Å². The molecule has 9 heavy (non-hydrogen) atoms. The Bertz CT molecular complexity index is 98.7. The van der Waals surface area contributed by atoms with Gasteiger partial charge in [-0.3, -0.25) is 0 Å². The van der Waals surface area contributed by atoms with E-state index in [-0.39, 0.29) is 0 Å². The van der Waals surface area contributed by atoms with Gasteiger partial charge in [0.05, 0.1) is 0 Å². The highest BCUT2D eigenvalue weighted by Crippen LogP contribution is 2.17. The minimum Gasteiger partial charge on any atom is -0.303 e. The highest BCUT2D eigenvalue weighted by atomic mass is 15.1. The Labute approximate surface area is 57.4 Å². The van der Waals surface area contributed by atoms with Crippen molar-refractivity contribution in [3.05, 3.63) is 12.7 Å². The van der Waals surface area contributed by atoms with E-state index in [1.807, 2.05) is 6.08 Å². The Morgan fingerprint density at radius 2 is 2.56 bits per heavy atom. The molecule has 1 aliphatic rings. The molecule has 1 heteroatoms. The molecule has 0 radical (unpaired) electrons. The second-order valence-electron chi connectivity index (χ2n) is 2.80. The fourth-order valence-electron chi connectivity index (χ4n) is 1.47. The van der Waals surface area contributed by atoms with Crippen LogP contribution in [-0.4, -0.2) is 24.5 Å². The predicted molar refractivity (Wildman–Crippen MR) is 40.5 cm³/mol. The Hall–Kier alpha value is -0.300. The molecule has 0 aromatic heterocycles. The van der Waals surface area contributed by atoms with E-state index < -0.39 is 0 Å². The molecule has 0 N–H and O–H groups in total. The first kappa shape index (κ1) is 6.81. The molecular formula is C8H15N. The number of hydrogen-bond donors (Lipinski definition) is 0. The lowest BCUT2D eigenvalue weighted by Crippen LogP contribution is -2.23. The lowest BCUT2D eigenvalue weighted by Gasteiger charge is -2.16. The average molecular weight is 125 g/mol. The van der Waals surface area contributed by atoms with Crippen molar-refractivity contribution in [3.63, 3.8) is 0 Å². The number of nitrogens with zero attached hydrogens (tertiary/aromatic N) is 1. The van der Waals surface area contributed by atoms with Gasteiger partial charge in [-0.15, -0.1) is 6.58 Å². The van der Waals surface area contributed by atoms with E-state index in [9.17, 15) is 0 Å². The van der Waals surface area contributed by atoms with Gasteiger partial charge >= 0.3 is 0 Å². The zero-order valence-electron chi connectivity index (χ0n) is 6.14. The fraction of sp³-hybridized carbons (Fsp3) is 0.750. The van der Waals surface area contributed by atoms with E-state index in [0.29, 0.717) is 0 Å². The van der Waals surface area contributed by atoms with Gasteiger partial charge in [-0.2, -0.15) is 0 Å². The molecule has 0 amide bonds. The molecule has 1 aliphatic heterocycles. The zero-order valence-corrected chi connectivity index (χ0v) is 6.14. The van der Waals surface area contributed by atoms with Crippen LogP contribution in [0.1, 0.15) is 19.3 Å². The van der Waals surface area contributed by atoms with Gasteiger partial charge in [-0.25, -0.2) is 0 Å². The van der Waals surface area contributed by atoms with Gasteiger partial charge in [0.1, 0.15) is 0 Å². The smallest absolute Gasteiger partial charge is 0.0127 e. The maximum Gasteiger partial charge on any atom is 0.0127 e. The first-order valence-corrected chi connectivity index (χ1v) is 3.65. The normalized spacial score (nSPS) is 28.8. The van der Waals surface area contributed by atoms with Crippen molar-refractivity contribution in [2.45, 2.75) is 25.3 Å². The molecule has 1 atom stereocenters. The summed E-state index contributed by atoms with van der Waals surface area (Å²) in [7, 11) is 2.20. The maximum absolute atomic E-state index is 3.73. The van der Waals surface area contributed by atoms with Crippen molar-refractivity contribution < 1.29 is 0 Å². The third-order valence-corrected chi connectivity index (χ3v) is 2.11. The average Bonchev–Trinajstić information content (AvgIpc) is 2.18. The van der Waals surface area contributed by atoms with Crippen molar-refractivity contribution >= 4 is 0 Å². The van der Waals surface area contributed by atoms with E-state index in [2.05, 4.69) is 18.5 Å². The Balaban J connectivity index is 2.30. The standard InChI is InChI=1S/C8H15N/c1-3-5-8-6-4-7-9(8)2/h3,8H,1,4-7H2,2H3/t8-/m0/s1. The molecule has 0 unspecified atom stereocenters. The van der Waals surface area contributed by atoms with Crippen LogP contribution < -0.4 is 0 Å². The van der Waals surface area contributed by atoms with E-state index >= 15 is 0 Å². The first-order valence-electron chi connectivity index (χ1n) is 3.65. The van der Waals surface area contributed by atoms with Crippen LogP contribution in [0.3, 0.4) is 0 Å². The molecule has 0 aliphatic carbocycles. The summed E-state index contributed by atoms with van der Waals surface area (Å²) in [6.07, 6.45) is 5.92. The summed E-state index contributed by atoms with van der Waals surface area (Å²) in [5.74, 6) is 0. The van der Waals surface area contributed by atoms with Gasteiger partial charge in [0, 0.05) is 6.04 Å². The van der Waals surface area contributed by atoms with Gasteiger partial charge in [0.25, 0.3) is 0 Å². The Morgan fingerprint density at radius 3 is 3.00 bits per heavy atom. The summed E-state index contributed by atoms with van der Waals surface area (Å²) in [5.41, 5.74) is 0. The van der Waals surface area contributed by atoms with E-state index in [1.165, 1.54) is 19.4 Å². The molecule has 0 saturated carbocycles. The number of hydrogen-bond acceptors (Lipinski definition) is 1. The van der Waals surface area contributed by atoms with Crippen LogP contribution in [0.2, 0.25) is 0 Å². The molecule has 0 aromatic rings. The second-order valence-corrected chi connectivity index (χ2v) is 2.80. The van der Waals surface area contributed by atoms with Gasteiger partial charge < -0.3 is 4.90 Å². The van der Waals surface area contributed by atoms with Crippen molar-refractivity contribution in [3.8, 4) is 0 Å². The molecular weight excluding hydrogens is 110 g/mol. The lowest BCUT2D eigenvalue weighted by atomic mass is 10.1. The van der Waals surface area contributed by atoms with Gasteiger partial charge in [-0.1, -0.05) is 6.08 Å². The van der Waals surface area contributed by atoms with Crippen LogP contribution in [0, 0.1) is 0 Å². The minimum atomic E-state index is 0.794. The maximum atomic E-state index is 3.73. The van der Waals surface area contributed by atoms with Crippen molar-refractivity contribution in [1.82, 2.24) is 4.90 Å². The van der Waals surface area contributed by atoms with E-state index in [4.69, 9.17) is 0 Å². The molecule has 1 heterocycles. The predicted octanol–water partition coefficient (Wildman–Crippen LogP) is 1.66. The third kappa shape index (κ3) is 1.55. The van der Waals surface area contributed by atoms with Crippen LogP contribution >= 0.6 is 0 Å². The Morgan fingerprint density at radius 1 is 1.78 bits per heavy atom. The fourth-order valence-corrected chi connectivity index (χ4v) is 1.47. The first-order chi connectivity index (χ1) is 4.34. The highest BCUT2D eigenvalue weighted by molar-refractivity contribution is 4.83. The summed E-state index contributed by atoms with van der Waals surface area (Å²) in [5, 5.41) is 0. The summed E-state index contributed by atoms with van der Waals surface area (Å²) in [6.45, 7) is 5.01. The minimum absolute atomic E-state index is 0.794. The molecule has 1 fully saturated rings. The van der Waals surface area contributed by atoms with Gasteiger partial charge in [0.15, 0.2) is 0 Å². The van der Waals surface area contributed by atoms with Crippen LogP contribution in [-0.2, 0) is 0 Å². The Kier molecular flexibility index (Phi) is 2.29. The van der Waals surface area contributed by atoms with Crippen molar-refractivity contribution in [2.24, 2.45) is 0 Å². The van der Waals surface area contributed by atoms with Crippen LogP contribution in [0.5, 0.6) is 0 Å². The zero-order chi connectivity index (χ0) is 6.69. The number of rotatable bonds is 2. The molecule has 1 saturated heterocycles. The molecule has 0 bridgehead atoms. The monoisotopic (exact) mass is 125 g/mol. The van der Waals surface area contributed by atoms with E-state index in [0.717, 1.165) is 12.5 Å². The summed E-state index contributed by atoms with van der Waals surface area (Å²) in [6, 6.07) is 0.794. The largest absolute Gasteiger partial charge is 0.303 e.